The van der Waals surface area contributed by atoms with E-state index in [9.17, 15) is 9.59 Å². The van der Waals surface area contributed by atoms with E-state index in [0.717, 1.165) is 40.4 Å². The number of allylic oxidation sites excluding steroid dienone is 1. The molecule has 3 aliphatic rings. The molecule has 0 radical (unpaired) electrons. The maximum atomic E-state index is 13.8. The number of methoxy groups -OCH3 is 1. The van der Waals surface area contributed by atoms with E-state index in [4.69, 9.17) is 9.47 Å². The Labute approximate surface area is 206 Å². The van der Waals surface area contributed by atoms with Crippen molar-refractivity contribution >= 4 is 23.1 Å². The maximum absolute atomic E-state index is 13.8. The monoisotopic (exact) mass is 475 g/mol. The van der Waals surface area contributed by atoms with Crippen molar-refractivity contribution in [3.05, 3.63) is 65.4 Å². The molecule has 2 heterocycles. The van der Waals surface area contributed by atoms with Gasteiger partial charge in [0.1, 0.15) is 5.75 Å². The number of nitrogens with one attached hydrogen (secondary N) is 1. The van der Waals surface area contributed by atoms with Crippen molar-refractivity contribution in [3.63, 3.8) is 0 Å². The number of morpholine rings is 1. The van der Waals surface area contributed by atoms with Crippen molar-refractivity contribution in [2.45, 2.75) is 32.7 Å². The van der Waals surface area contributed by atoms with E-state index >= 15 is 0 Å². The number of hydrogen-bond acceptors (Lipinski definition) is 6. The van der Waals surface area contributed by atoms with Crippen LogP contribution in [0.5, 0.6) is 5.75 Å². The van der Waals surface area contributed by atoms with Crippen LogP contribution in [-0.2, 0) is 14.3 Å². The number of anilines is 2. The summed E-state index contributed by atoms with van der Waals surface area (Å²) in [5.74, 6) is 0.870. The summed E-state index contributed by atoms with van der Waals surface area (Å²) in [5, 5.41) is 3.60. The summed E-state index contributed by atoms with van der Waals surface area (Å²) in [4.78, 5) is 31.2. The molecule has 1 amide bonds. The van der Waals surface area contributed by atoms with Crippen LogP contribution in [0.25, 0.3) is 0 Å². The van der Waals surface area contributed by atoms with E-state index in [-0.39, 0.29) is 23.7 Å². The Bertz CT molecular complexity index is 1170. The Kier molecular flexibility index (Phi) is 6.28. The van der Waals surface area contributed by atoms with Crippen LogP contribution >= 0.6 is 0 Å². The molecule has 1 atom stereocenters. The summed E-state index contributed by atoms with van der Waals surface area (Å²) < 4.78 is 11.0. The molecule has 0 spiro atoms. The highest BCUT2D eigenvalue weighted by Gasteiger charge is 2.42. The lowest BCUT2D eigenvalue weighted by molar-refractivity contribution is -0.133. The minimum atomic E-state index is -0.412. The molecule has 184 valence electrons. The van der Waals surface area contributed by atoms with Crippen LogP contribution in [0.3, 0.4) is 0 Å². The quantitative estimate of drug-likeness (QED) is 0.716. The van der Waals surface area contributed by atoms with Crippen LogP contribution in [0, 0.1) is 5.41 Å². The average Bonchev–Trinajstić information content (AvgIpc) is 2.98. The fraction of sp³-hybridized carbons (Fsp3) is 0.429. The van der Waals surface area contributed by atoms with Gasteiger partial charge in [-0.1, -0.05) is 38.1 Å². The number of nitrogens with zero attached hydrogens (tertiary/aromatic N) is 2. The predicted octanol–water partition coefficient (Wildman–Crippen LogP) is 4.17. The number of rotatable bonds is 4. The van der Waals surface area contributed by atoms with Crippen LogP contribution in [0.2, 0.25) is 0 Å². The van der Waals surface area contributed by atoms with Crippen LogP contribution in [0.15, 0.2) is 59.8 Å². The van der Waals surface area contributed by atoms with Crippen molar-refractivity contribution < 1.29 is 19.1 Å². The van der Waals surface area contributed by atoms with E-state index in [0.29, 0.717) is 32.7 Å². The molecule has 0 saturated carbocycles. The van der Waals surface area contributed by atoms with Crippen molar-refractivity contribution in [3.8, 4) is 5.75 Å². The maximum Gasteiger partial charge on any atom is 0.242 e. The Morgan fingerprint density at radius 3 is 2.66 bits per heavy atom. The molecule has 2 aliphatic heterocycles. The van der Waals surface area contributed by atoms with Gasteiger partial charge in [0.15, 0.2) is 5.78 Å². The van der Waals surface area contributed by atoms with Gasteiger partial charge in [0, 0.05) is 30.8 Å². The average molecular weight is 476 g/mol. The molecule has 0 aromatic heterocycles. The van der Waals surface area contributed by atoms with Gasteiger partial charge in [0.2, 0.25) is 5.91 Å². The first-order valence-corrected chi connectivity index (χ1v) is 12.2. The van der Waals surface area contributed by atoms with Gasteiger partial charge in [-0.3, -0.25) is 9.59 Å². The third-order valence-electron chi connectivity index (χ3n) is 7.08. The largest absolute Gasteiger partial charge is 0.497 e. The number of ether oxygens (including phenoxy) is 2. The fourth-order valence-corrected chi connectivity index (χ4v) is 5.44. The van der Waals surface area contributed by atoms with Crippen LogP contribution < -0.4 is 15.0 Å². The van der Waals surface area contributed by atoms with Gasteiger partial charge < -0.3 is 24.6 Å². The number of carbonyl (C=O) groups is 2. The molecular formula is C28H33N3O4. The molecule has 0 bridgehead atoms. The normalized spacial score (nSPS) is 21.6. The summed E-state index contributed by atoms with van der Waals surface area (Å²) >= 11 is 0. The molecule has 5 rings (SSSR count). The van der Waals surface area contributed by atoms with E-state index in [2.05, 4.69) is 24.1 Å². The Balaban J connectivity index is 1.67. The van der Waals surface area contributed by atoms with Gasteiger partial charge >= 0.3 is 0 Å². The summed E-state index contributed by atoms with van der Waals surface area (Å²) in [5.41, 5.74) is 4.28. The molecule has 7 nitrogen and oxygen atoms in total. The van der Waals surface area contributed by atoms with Crippen molar-refractivity contribution in [1.82, 2.24) is 4.90 Å². The third-order valence-corrected chi connectivity index (χ3v) is 7.08. The molecule has 1 aliphatic carbocycles. The first-order chi connectivity index (χ1) is 16.9. The molecule has 7 heteroatoms. The molecule has 2 aromatic carbocycles. The molecule has 2 aromatic rings. The SMILES string of the molecule is COc1cccc(C2C3=C(CC(C)(C)CC3=O)Nc3ccccc3N2CC(=O)N2CCOCC2)c1. The number of para-hydroxylation sites is 2. The van der Waals surface area contributed by atoms with E-state index in [1.807, 2.05) is 53.4 Å². The Morgan fingerprint density at radius 1 is 1.11 bits per heavy atom. The second kappa shape index (κ2) is 9.38. The smallest absolute Gasteiger partial charge is 0.242 e. The molecule has 35 heavy (non-hydrogen) atoms. The lowest BCUT2D eigenvalue weighted by Crippen LogP contribution is -2.47. The van der Waals surface area contributed by atoms with Gasteiger partial charge in [-0.25, -0.2) is 0 Å². The highest BCUT2D eigenvalue weighted by Crippen LogP contribution is 2.48. The zero-order chi connectivity index (χ0) is 24.6. The Morgan fingerprint density at radius 2 is 1.89 bits per heavy atom. The van der Waals surface area contributed by atoms with Gasteiger partial charge in [-0.15, -0.1) is 0 Å². The minimum absolute atomic E-state index is 0.0311. The lowest BCUT2D eigenvalue weighted by atomic mass is 9.73. The van der Waals surface area contributed by atoms with Gasteiger partial charge in [-0.2, -0.15) is 0 Å². The Hall–Kier alpha value is -3.32. The van der Waals surface area contributed by atoms with Crippen molar-refractivity contribution in [2.75, 3.05) is 50.2 Å². The number of carbonyl (C=O) groups excluding carboxylic acids is 2. The number of hydrogen-bond donors (Lipinski definition) is 1. The first kappa shape index (κ1) is 23.4. The van der Waals surface area contributed by atoms with Crippen molar-refractivity contribution in [1.29, 1.82) is 0 Å². The second-order valence-corrected chi connectivity index (χ2v) is 10.3. The number of ketones is 1. The number of fused-ring (bicyclic) bond motifs is 1. The first-order valence-electron chi connectivity index (χ1n) is 12.2. The van der Waals surface area contributed by atoms with Crippen LogP contribution in [-0.4, -0.2) is 56.5 Å². The highest BCUT2D eigenvalue weighted by atomic mass is 16.5. The number of amides is 1. The lowest BCUT2D eigenvalue weighted by Gasteiger charge is -2.39. The van der Waals surface area contributed by atoms with E-state index in [1.54, 1.807) is 7.11 Å². The van der Waals surface area contributed by atoms with Gasteiger partial charge in [0.05, 0.1) is 44.3 Å². The third kappa shape index (κ3) is 4.65. The molecule has 1 N–H and O–H groups in total. The zero-order valence-electron chi connectivity index (χ0n) is 20.7. The topological polar surface area (TPSA) is 71.1 Å². The highest BCUT2D eigenvalue weighted by molar-refractivity contribution is 6.02. The van der Waals surface area contributed by atoms with Crippen molar-refractivity contribution in [2.24, 2.45) is 5.41 Å². The van der Waals surface area contributed by atoms with Gasteiger partial charge in [-0.05, 0) is 41.7 Å². The standard InChI is InChI=1S/C28H33N3O4/c1-28(2)16-22-26(24(32)17-28)27(19-7-6-8-20(15-19)34-3)31(23-10-5-4-9-21(23)29-22)18-25(33)30-11-13-35-14-12-30/h4-10,15,27,29H,11-14,16-18H2,1-3H3. The summed E-state index contributed by atoms with van der Waals surface area (Å²) in [6.07, 6.45) is 1.23. The summed E-state index contributed by atoms with van der Waals surface area (Å²) in [6.45, 7) is 6.68. The molecule has 1 unspecified atom stereocenters. The molecule has 1 fully saturated rings. The van der Waals surface area contributed by atoms with E-state index < -0.39 is 6.04 Å². The van der Waals surface area contributed by atoms with E-state index in [1.165, 1.54) is 0 Å². The fourth-order valence-electron chi connectivity index (χ4n) is 5.44. The molecule has 1 saturated heterocycles. The van der Waals surface area contributed by atoms with Crippen LogP contribution in [0.4, 0.5) is 11.4 Å². The number of benzene rings is 2. The second-order valence-electron chi connectivity index (χ2n) is 10.3. The summed E-state index contributed by atoms with van der Waals surface area (Å²) in [7, 11) is 1.64. The minimum Gasteiger partial charge on any atom is -0.497 e. The predicted molar refractivity (Wildman–Crippen MR) is 136 cm³/mol. The zero-order valence-corrected chi connectivity index (χ0v) is 20.7. The molecular weight excluding hydrogens is 442 g/mol. The van der Waals surface area contributed by atoms with Crippen LogP contribution in [0.1, 0.15) is 38.3 Å². The summed E-state index contributed by atoms with van der Waals surface area (Å²) in [6, 6.07) is 15.4. The van der Waals surface area contributed by atoms with Gasteiger partial charge in [0.25, 0.3) is 0 Å². The number of Topliss-reactive ketones (excluding diaryl/α,β-unsaturated/α-hetero) is 1.